The van der Waals surface area contributed by atoms with Gasteiger partial charge in [0.05, 0.1) is 6.54 Å². The van der Waals surface area contributed by atoms with Crippen LogP contribution >= 0.6 is 0 Å². The van der Waals surface area contributed by atoms with Gasteiger partial charge in [0.2, 0.25) is 5.91 Å². The van der Waals surface area contributed by atoms with Crippen LogP contribution in [0.5, 0.6) is 5.75 Å². The average molecular weight is 312 g/mol. The van der Waals surface area contributed by atoms with Gasteiger partial charge in [-0.25, -0.2) is 0 Å². The Kier molecular flexibility index (Phi) is 5.77. The quantitative estimate of drug-likeness (QED) is 0.806. The standard InChI is InChI=1S/C19H24N2O2/c1-13-4-6-16(7-5-13)18(20)19(22)21-8-9-23-17-11-14(2)10-15(3)12-17/h4-7,10-12,18H,8-9,20H2,1-3H3,(H,21,22). The molecule has 0 aromatic heterocycles. The molecule has 0 spiro atoms. The van der Waals surface area contributed by atoms with Crippen molar-refractivity contribution in [3.63, 3.8) is 0 Å². The van der Waals surface area contributed by atoms with Crippen LogP contribution in [0.15, 0.2) is 42.5 Å². The highest BCUT2D eigenvalue weighted by Crippen LogP contribution is 2.16. The highest BCUT2D eigenvalue weighted by molar-refractivity contribution is 5.82. The minimum absolute atomic E-state index is 0.196. The third-order valence-corrected chi connectivity index (χ3v) is 3.58. The van der Waals surface area contributed by atoms with Crippen molar-refractivity contribution in [1.82, 2.24) is 5.32 Å². The van der Waals surface area contributed by atoms with Crippen molar-refractivity contribution in [2.45, 2.75) is 26.8 Å². The Balaban J connectivity index is 1.79. The van der Waals surface area contributed by atoms with E-state index in [1.807, 2.05) is 57.2 Å². The van der Waals surface area contributed by atoms with E-state index in [0.29, 0.717) is 13.2 Å². The average Bonchev–Trinajstić information content (AvgIpc) is 2.50. The minimum atomic E-state index is -0.656. The number of ether oxygens (including phenoxy) is 1. The fourth-order valence-electron chi connectivity index (χ4n) is 2.39. The maximum Gasteiger partial charge on any atom is 0.241 e. The van der Waals surface area contributed by atoms with Gasteiger partial charge in [-0.15, -0.1) is 0 Å². The van der Waals surface area contributed by atoms with Gasteiger partial charge in [-0.2, -0.15) is 0 Å². The second-order valence-electron chi connectivity index (χ2n) is 5.85. The zero-order valence-corrected chi connectivity index (χ0v) is 13.9. The molecule has 3 N–H and O–H groups in total. The molecule has 2 rings (SSSR count). The molecule has 1 atom stereocenters. The molecule has 1 unspecified atom stereocenters. The number of hydrogen-bond acceptors (Lipinski definition) is 3. The van der Waals surface area contributed by atoms with Crippen LogP contribution in [0.2, 0.25) is 0 Å². The predicted molar refractivity (Wildman–Crippen MR) is 92.5 cm³/mol. The first-order valence-corrected chi connectivity index (χ1v) is 7.76. The summed E-state index contributed by atoms with van der Waals surface area (Å²) >= 11 is 0. The summed E-state index contributed by atoms with van der Waals surface area (Å²) in [5, 5.41) is 2.81. The fraction of sp³-hybridized carbons (Fsp3) is 0.316. The summed E-state index contributed by atoms with van der Waals surface area (Å²) in [7, 11) is 0. The first-order valence-electron chi connectivity index (χ1n) is 7.76. The summed E-state index contributed by atoms with van der Waals surface area (Å²) in [5.41, 5.74) is 10.2. The molecule has 23 heavy (non-hydrogen) atoms. The molecule has 2 aromatic rings. The second-order valence-corrected chi connectivity index (χ2v) is 5.85. The minimum Gasteiger partial charge on any atom is -0.492 e. The summed E-state index contributed by atoms with van der Waals surface area (Å²) in [6.45, 7) is 6.89. The molecule has 0 saturated carbocycles. The number of carbonyl (C=O) groups is 1. The largest absolute Gasteiger partial charge is 0.492 e. The molecule has 4 nitrogen and oxygen atoms in total. The Morgan fingerprint density at radius 1 is 1.04 bits per heavy atom. The topological polar surface area (TPSA) is 64.4 Å². The van der Waals surface area contributed by atoms with E-state index in [4.69, 9.17) is 10.5 Å². The smallest absolute Gasteiger partial charge is 0.241 e. The van der Waals surface area contributed by atoms with Gasteiger partial charge in [0.25, 0.3) is 0 Å². The van der Waals surface area contributed by atoms with Crippen LogP contribution in [-0.2, 0) is 4.79 Å². The van der Waals surface area contributed by atoms with Crippen molar-refractivity contribution in [2.75, 3.05) is 13.2 Å². The van der Waals surface area contributed by atoms with Gasteiger partial charge in [0, 0.05) is 0 Å². The van der Waals surface area contributed by atoms with Crippen molar-refractivity contribution in [3.05, 3.63) is 64.7 Å². The fourth-order valence-corrected chi connectivity index (χ4v) is 2.39. The second kappa shape index (κ2) is 7.79. The van der Waals surface area contributed by atoms with Crippen molar-refractivity contribution in [2.24, 2.45) is 5.73 Å². The summed E-state index contributed by atoms with van der Waals surface area (Å²) in [4.78, 5) is 12.1. The molecule has 122 valence electrons. The molecule has 0 aliphatic heterocycles. The number of nitrogens with one attached hydrogen (secondary N) is 1. The Morgan fingerprint density at radius 3 is 2.26 bits per heavy atom. The molecule has 0 heterocycles. The molecule has 4 heteroatoms. The predicted octanol–water partition coefficient (Wildman–Crippen LogP) is 2.81. The molecule has 0 radical (unpaired) electrons. The zero-order valence-electron chi connectivity index (χ0n) is 13.9. The first kappa shape index (κ1) is 17.0. The monoisotopic (exact) mass is 312 g/mol. The van der Waals surface area contributed by atoms with E-state index in [0.717, 1.165) is 28.0 Å². The number of hydrogen-bond donors (Lipinski definition) is 2. The lowest BCUT2D eigenvalue weighted by Gasteiger charge is -2.13. The van der Waals surface area contributed by atoms with Gasteiger partial charge in [-0.3, -0.25) is 4.79 Å². The van der Waals surface area contributed by atoms with Gasteiger partial charge in [0.15, 0.2) is 0 Å². The maximum atomic E-state index is 12.1. The number of nitrogens with two attached hydrogens (primary N) is 1. The van der Waals surface area contributed by atoms with Crippen LogP contribution in [0, 0.1) is 20.8 Å². The molecule has 0 saturated heterocycles. The SMILES string of the molecule is Cc1ccc(C(N)C(=O)NCCOc2cc(C)cc(C)c2)cc1. The lowest BCUT2D eigenvalue weighted by molar-refractivity contribution is -0.122. The van der Waals surface area contributed by atoms with Crippen LogP contribution in [0.1, 0.15) is 28.3 Å². The molecule has 0 aliphatic rings. The number of amides is 1. The third kappa shape index (κ3) is 5.11. The van der Waals surface area contributed by atoms with E-state index in [9.17, 15) is 4.79 Å². The van der Waals surface area contributed by atoms with Crippen LogP contribution in [0.4, 0.5) is 0 Å². The summed E-state index contributed by atoms with van der Waals surface area (Å²) in [6, 6.07) is 13.1. The maximum absolute atomic E-state index is 12.1. The molecule has 0 aliphatic carbocycles. The van der Waals surface area contributed by atoms with Crippen LogP contribution in [-0.4, -0.2) is 19.1 Å². The number of benzene rings is 2. The summed E-state index contributed by atoms with van der Waals surface area (Å²) in [5.74, 6) is 0.623. The van der Waals surface area contributed by atoms with E-state index in [1.165, 1.54) is 0 Å². The number of carbonyl (C=O) groups excluding carboxylic acids is 1. The first-order chi connectivity index (χ1) is 11.0. The van der Waals surface area contributed by atoms with Crippen molar-refractivity contribution in [3.8, 4) is 5.75 Å². The molecular weight excluding hydrogens is 288 g/mol. The molecule has 0 bridgehead atoms. The highest BCUT2D eigenvalue weighted by atomic mass is 16.5. The van der Waals surface area contributed by atoms with Crippen molar-refractivity contribution >= 4 is 5.91 Å². The van der Waals surface area contributed by atoms with Gasteiger partial charge in [0.1, 0.15) is 18.4 Å². The van der Waals surface area contributed by atoms with E-state index in [1.54, 1.807) is 0 Å². The molecule has 1 amide bonds. The highest BCUT2D eigenvalue weighted by Gasteiger charge is 2.14. The van der Waals surface area contributed by atoms with Crippen LogP contribution < -0.4 is 15.8 Å². The van der Waals surface area contributed by atoms with Gasteiger partial charge >= 0.3 is 0 Å². The zero-order chi connectivity index (χ0) is 16.8. The van der Waals surface area contributed by atoms with E-state index < -0.39 is 6.04 Å². The van der Waals surface area contributed by atoms with Crippen LogP contribution in [0.25, 0.3) is 0 Å². The molecular formula is C19H24N2O2. The third-order valence-electron chi connectivity index (χ3n) is 3.58. The van der Waals surface area contributed by atoms with Crippen LogP contribution in [0.3, 0.4) is 0 Å². The van der Waals surface area contributed by atoms with Gasteiger partial charge in [-0.1, -0.05) is 35.9 Å². The Labute approximate surface area is 137 Å². The van der Waals surface area contributed by atoms with Crippen molar-refractivity contribution < 1.29 is 9.53 Å². The Bertz CT molecular complexity index is 645. The Morgan fingerprint density at radius 2 is 1.65 bits per heavy atom. The van der Waals surface area contributed by atoms with E-state index in [2.05, 4.69) is 11.4 Å². The molecule has 0 fully saturated rings. The summed E-state index contributed by atoms with van der Waals surface area (Å²) in [6.07, 6.45) is 0. The molecule has 2 aromatic carbocycles. The van der Waals surface area contributed by atoms with Gasteiger partial charge < -0.3 is 15.8 Å². The normalized spacial score (nSPS) is 11.8. The lowest BCUT2D eigenvalue weighted by atomic mass is 10.1. The lowest BCUT2D eigenvalue weighted by Crippen LogP contribution is -2.36. The van der Waals surface area contributed by atoms with E-state index >= 15 is 0 Å². The summed E-state index contributed by atoms with van der Waals surface area (Å²) < 4.78 is 5.66. The number of rotatable bonds is 6. The van der Waals surface area contributed by atoms with Crippen molar-refractivity contribution in [1.29, 1.82) is 0 Å². The Hall–Kier alpha value is -2.33. The van der Waals surface area contributed by atoms with E-state index in [-0.39, 0.29) is 5.91 Å². The van der Waals surface area contributed by atoms with Gasteiger partial charge in [-0.05, 0) is 49.6 Å². The number of aryl methyl sites for hydroxylation is 3.